The highest BCUT2D eigenvalue weighted by Crippen LogP contribution is 2.02. The zero-order valence-corrected chi connectivity index (χ0v) is 5.33. The molecule has 36 valence electrons. The van der Waals surface area contributed by atoms with Crippen molar-refractivity contribution in [2.24, 2.45) is 10.3 Å². The fraction of sp³-hybridized carbons (Fsp3) is 0. The van der Waals surface area contributed by atoms with E-state index in [2.05, 4.69) is 12.2 Å². The van der Waals surface area contributed by atoms with Gasteiger partial charge in [-0.3, -0.25) is 10.3 Å². The monoisotopic (exact) mass is 140 g/mol. The van der Waals surface area contributed by atoms with Crippen LogP contribution in [0.5, 0.6) is 0 Å². The van der Waals surface area contributed by atoms with E-state index in [-0.39, 0.29) is 0 Å². The van der Waals surface area contributed by atoms with E-state index in [0.717, 1.165) is 23.9 Å². The van der Waals surface area contributed by atoms with Crippen LogP contribution in [-0.2, 0) is 0 Å². The highest BCUT2D eigenvalue weighted by Gasteiger charge is 1.84. The van der Waals surface area contributed by atoms with Crippen molar-refractivity contribution in [2.75, 3.05) is 0 Å². The molecule has 0 radical (unpaired) electrons. The zero-order chi connectivity index (χ0) is 4.99. The smallest absolute Gasteiger partial charge is 0.133 e. The summed E-state index contributed by atoms with van der Waals surface area (Å²) in [6.07, 6.45) is 0. The van der Waals surface area contributed by atoms with Crippen molar-refractivity contribution >= 4 is 39.6 Å². The Morgan fingerprint density at radius 3 is 1.67 bits per heavy atom. The molecule has 0 fully saturated rings. The van der Waals surface area contributed by atoms with E-state index < -0.39 is 0 Å². The summed E-state index contributed by atoms with van der Waals surface area (Å²) >= 11 is 6.52. The van der Waals surface area contributed by atoms with Crippen LogP contribution in [0.3, 0.4) is 0 Å². The normalized spacial score (nSPS) is 8.33. The molecule has 0 atom stereocenters. The minimum atomic E-state index is 0.565. The molecule has 0 aliphatic heterocycles. The molecule has 0 saturated carbocycles. The number of hydrogen-bond donors (Lipinski definition) is 2. The van der Waals surface area contributed by atoms with Gasteiger partial charge in [0.25, 0.3) is 0 Å². The second-order valence-corrected chi connectivity index (χ2v) is 2.96. The van der Waals surface area contributed by atoms with Crippen LogP contribution in [0.15, 0.2) is 0 Å². The number of nitrogens with two attached hydrogens (primary N) is 2. The first-order valence-electron chi connectivity index (χ1n) is 1.08. The van der Waals surface area contributed by atoms with Crippen LogP contribution in [0, 0.1) is 0 Å². The van der Waals surface area contributed by atoms with E-state index in [4.69, 9.17) is 10.3 Å². The summed E-state index contributed by atoms with van der Waals surface area (Å²) in [5.74, 6) is 0. The maximum atomic E-state index is 4.96. The molecule has 0 aromatic rings. The van der Waals surface area contributed by atoms with Gasteiger partial charge in [0.1, 0.15) is 3.53 Å². The second-order valence-electron chi connectivity index (χ2n) is 0.486. The molecule has 2 nitrogen and oxygen atoms in total. The van der Waals surface area contributed by atoms with Crippen molar-refractivity contribution in [3.63, 3.8) is 0 Å². The van der Waals surface area contributed by atoms with Gasteiger partial charge in [-0.05, 0) is 23.9 Å². The van der Waals surface area contributed by atoms with Crippen LogP contribution in [0.2, 0.25) is 0 Å². The van der Waals surface area contributed by atoms with Gasteiger partial charge in [-0.25, -0.2) is 0 Å². The Labute approximate surface area is 50.3 Å². The van der Waals surface area contributed by atoms with Gasteiger partial charge >= 0.3 is 0 Å². The van der Waals surface area contributed by atoms with E-state index in [1.807, 2.05) is 0 Å². The molecule has 0 unspecified atom stereocenters. The first-order chi connectivity index (χ1) is 2.81. The van der Waals surface area contributed by atoms with E-state index in [1.54, 1.807) is 0 Å². The Morgan fingerprint density at radius 1 is 1.33 bits per heavy atom. The first kappa shape index (κ1) is 6.71. The quantitative estimate of drug-likeness (QED) is 0.379. The lowest BCUT2D eigenvalue weighted by Gasteiger charge is -1.84. The van der Waals surface area contributed by atoms with E-state index in [9.17, 15) is 0 Å². The third-order valence-electron chi connectivity index (χ3n) is 0.192. The molecular weight excluding hydrogens is 136 g/mol. The van der Waals surface area contributed by atoms with Crippen molar-refractivity contribution in [1.82, 2.24) is 0 Å². The van der Waals surface area contributed by atoms with Crippen molar-refractivity contribution < 1.29 is 0 Å². The summed E-state index contributed by atoms with van der Waals surface area (Å²) in [6, 6.07) is 0. The molecule has 0 aromatic heterocycles. The SMILES string of the molecule is NSC(=S)SN. The lowest BCUT2D eigenvalue weighted by atomic mass is 11.9. The third kappa shape index (κ3) is 2.92. The maximum Gasteiger partial charge on any atom is 0.133 e. The molecular formula is CH4N2S3. The molecule has 0 rings (SSSR count). The largest absolute Gasteiger partial charge is 0.272 e. The average molecular weight is 140 g/mol. The Kier molecular flexibility index (Phi) is 4.34. The van der Waals surface area contributed by atoms with Gasteiger partial charge in [-0.1, -0.05) is 12.2 Å². The van der Waals surface area contributed by atoms with Crippen LogP contribution < -0.4 is 10.3 Å². The molecule has 0 bridgehead atoms. The van der Waals surface area contributed by atoms with Crippen LogP contribution in [0.1, 0.15) is 0 Å². The van der Waals surface area contributed by atoms with Crippen molar-refractivity contribution in [1.29, 1.82) is 0 Å². The molecule has 6 heavy (non-hydrogen) atoms. The highest BCUT2D eigenvalue weighted by atomic mass is 32.2. The molecule has 0 spiro atoms. The summed E-state index contributed by atoms with van der Waals surface area (Å²) in [5, 5.41) is 9.91. The fourth-order valence-corrected chi connectivity index (χ4v) is 0.250. The van der Waals surface area contributed by atoms with Gasteiger partial charge in [0.15, 0.2) is 0 Å². The Bertz CT molecular complexity index is 46.8. The fourth-order valence-electron chi connectivity index (χ4n) is 0.0278. The molecule has 5 heteroatoms. The number of thiocarbonyl (C=S) groups is 1. The van der Waals surface area contributed by atoms with Gasteiger partial charge in [-0.2, -0.15) is 0 Å². The standard InChI is InChI=1S/CH4N2S3/c2-5-1(4)6-3/h2-3H2. The molecule has 0 amide bonds. The van der Waals surface area contributed by atoms with E-state index in [0.29, 0.717) is 3.53 Å². The molecule has 0 saturated heterocycles. The van der Waals surface area contributed by atoms with Crippen LogP contribution in [0.4, 0.5) is 0 Å². The van der Waals surface area contributed by atoms with Gasteiger partial charge in [0, 0.05) is 0 Å². The Morgan fingerprint density at radius 2 is 1.67 bits per heavy atom. The number of hydrogen-bond acceptors (Lipinski definition) is 5. The maximum absolute atomic E-state index is 4.96. The summed E-state index contributed by atoms with van der Waals surface area (Å²) in [6.45, 7) is 0. The van der Waals surface area contributed by atoms with E-state index >= 15 is 0 Å². The summed E-state index contributed by atoms with van der Waals surface area (Å²) in [7, 11) is 0. The first-order valence-corrected chi connectivity index (χ1v) is 3.25. The lowest BCUT2D eigenvalue weighted by molar-refractivity contribution is 2.06. The Balaban J connectivity index is 2.99. The third-order valence-corrected chi connectivity index (χ3v) is 1.73. The summed E-state index contributed by atoms with van der Waals surface area (Å²) < 4.78 is 0.565. The van der Waals surface area contributed by atoms with Gasteiger partial charge in [-0.15, -0.1) is 0 Å². The van der Waals surface area contributed by atoms with Crippen molar-refractivity contribution in [3.8, 4) is 0 Å². The average Bonchev–Trinajstić information content (AvgIpc) is 1.65. The molecule has 0 heterocycles. The van der Waals surface area contributed by atoms with Gasteiger partial charge in [0.05, 0.1) is 0 Å². The van der Waals surface area contributed by atoms with E-state index in [1.165, 1.54) is 0 Å². The van der Waals surface area contributed by atoms with Gasteiger partial charge < -0.3 is 0 Å². The predicted octanol–water partition coefficient (Wildman–Crippen LogP) is 0.485. The van der Waals surface area contributed by atoms with Crippen molar-refractivity contribution in [2.45, 2.75) is 0 Å². The zero-order valence-electron chi connectivity index (χ0n) is 2.88. The number of rotatable bonds is 0. The minimum Gasteiger partial charge on any atom is -0.272 e. The molecule has 0 aromatic carbocycles. The molecule has 0 aliphatic carbocycles. The second kappa shape index (κ2) is 3.89. The van der Waals surface area contributed by atoms with Gasteiger partial charge in [0.2, 0.25) is 0 Å². The molecule has 4 N–H and O–H groups in total. The highest BCUT2D eigenvalue weighted by molar-refractivity contribution is 8.45. The lowest BCUT2D eigenvalue weighted by Crippen LogP contribution is -1.90. The summed E-state index contributed by atoms with van der Waals surface area (Å²) in [5.41, 5.74) is 0. The molecule has 0 aliphatic rings. The van der Waals surface area contributed by atoms with Crippen LogP contribution >= 0.6 is 36.1 Å². The van der Waals surface area contributed by atoms with Crippen LogP contribution in [0.25, 0.3) is 0 Å². The summed E-state index contributed by atoms with van der Waals surface area (Å²) in [4.78, 5) is 0. The predicted molar refractivity (Wildman–Crippen MR) is 36.2 cm³/mol. The Hall–Kier alpha value is 0.710. The minimum absolute atomic E-state index is 0.565. The van der Waals surface area contributed by atoms with Crippen LogP contribution in [-0.4, -0.2) is 3.53 Å². The topological polar surface area (TPSA) is 52.0 Å². The van der Waals surface area contributed by atoms with Crippen molar-refractivity contribution in [3.05, 3.63) is 0 Å².